The van der Waals surface area contributed by atoms with E-state index in [9.17, 15) is 0 Å². The minimum Gasteiger partial charge on any atom is -0.350 e. The van der Waals surface area contributed by atoms with Crippen molar-refractivity contribution in [3.8, 4) is 0 Å². The van der Waals surface area contributed by atoms with Crippen LogP contribution < -0.4 is 0 Å². The second-order valence-electron chi connectivity index (χ2n) is 3.77. The van der Waals surface area contributed by atoms with Gasteiger partial charge in [0.1, 0.15) is 0 Å². The van der Waals surface area contributed by atoms with Crippen LogP contribution in [0.25, 0.3) is 10.9 Å². The summed E-state index contributed by atoms with van der Waals surface area (Å²) in [7, 11) is 2.10. The van der Waals surface area contributed by atoms with Gasteiger partial charge in [-0.25, -0.2) is 0 Å². The van der Waals surface area contributed by atoms with Gasteiger partial charge < -0.3 is 4.57 Å². The third-order valence-electron chi connectivity index (χ3n) is 2.48. The molecule has 0 aliphatic heterocycles. The summed E-state index contributed by atoms with van der Waals surface area (Å²) in [6.45, 7) is 2.18. The number of alkyl halides is 1. The molecule has 0 radical (unpaired) electrons. The Labute approximate surface area is 92.9 Å². The Morgan fingerprint density at radius 3 is 2.86 bits per heavy atom. The molecule has 1 atom stereocenters. The quantitative estimate of drug-likeness (QED) is 0.721. The number of aryl methyl sites for hydroxylation is 1. The number of nitrogens with zero attached hydrogens (tertiary/aromatic N) is 1. The Kier molecular flexibility index (Phi) is 2.64. The standard InChI is InChI=1S/C12H14BrN/c1-9(13)8-11-5-3-4-10-6-7-14(2)12(10)11/h3-7,9H,8H2,1-2H3. The monoisotopic (exact) mass is 251 g/mol. The van der Waals surface area contributed by atoms with Gasteiger partial charge in [0.2, 0.25) is 0 Å². The highest BCUT2D eigenvalue weighted by Gasteiger charge is 2.06. The molecule has 74 valence electrons. The van der Waals surface area contributed by atoms with Crippen molar-refractivity contribution in [1.29, 1.82) is 0 Å². The SMILES string of the molecule is CC(Br)Cc1cccc2ccn(C)c12. The van der Waals surface area contributed by atoms with Crippen LogP contribution in [0.1, 0.15) is 12.5 Å². The van der Waals surface area contributed by atoms with Gasteiger partial charge in [-0.3, -0.25) is 0 Å². The topological polar surface area (TPSA) is 4.93 Å². The molecule has 0 fully saturated rings. The van der Waals surface area contributed by atoms with Crippen LogP contribution in [0.2, 0.25) is 0 Å². The summed E-state index contributed by atoms with van der Waals surface area (Å²) in [6.07, 6.45) is 3.20. The molecule has 0 amide bonds. The van der Waals surface area contributed by atoms with E-state index in [0.29, 0.717) is 4.83 Å². The summed E-state index contributed by atoms with van der Waals surface area (Å²) < 4.78 is 2.19. The number of fused-ring (bicyclic) bond motifs is 1. The van der Waals surface area contributed by atoms with Crippen molar-refractivity contribution in [2.24, 2.45) is 7.05 Å². The lowest BCUT2D eigenvalue weighted by Crippen LogP contribution is -1.99. The highest BCUT2D eigenvalue weighted by molar-refractivity contribution is 9.09. The molecule has 0 aliphatic rings. The molecule has 2 heteroatoms. The smallest absolute Gasteiger partial charge is 0.0510 e. The van der Waals surface area contributed by atoms with Crippen LogP contribution in [0.5, 0.6) is 0 Å². The zero-order valence-electron chi connectivity index (χ0n) is 8.50. The molecule has 1 aromatic heterocycles. The fourth-order valence-electron chi connectivity index (χ4n) is 1.91. The molecule has 0 aliphatic carbocycles. The van der Waals surface area contributed by atoms with Gasteiger partial charge >= 0.3 is 0 Å². The van der Waals surface area contributed by atoms with Crippen molar-refractivity contribution < 1.29 is 0 Å². The summed E-state index contributed by atoms with van der Waals surface area (Å²) in [5, 5.41) is 1.33. The van der Waals surface area contributed by atoms with Crippen molar-refractivity contribution in [1.82, 2.24) is 4.57 Å². The molecule has 14 heavy (non-hydrogen) atoms. The Hall–Kier alpha value is -0.760. The van der Waals surface area contributed by atoms with Gasteiger partial charge in [-0.05, 0) is 23.4 Å². The van der Waals surface area contributed by atoms with Gasteiger partial charge in [0.05, 0.1) is 5.52 Å². The van der Waals surface area contributed by atoms with E-state index in [-0.39, 0.29) is 0 Å². The number of rotatable bonds is 2. The normalized spacial score (nSPS) is 13.4. The summed E-state index contributed by atoms with van der Waals surface area (Å²) in [4.78, 5) is 0.531. The molecular formula is C12H14BrN. The molecule has 0 bridgehead atoms. The summed E-state index contributed by atoms with van der Waals surface area (Å²) >= 11 is 3.60. The molecule has 0 saturated carbocycles. The highest BCUT2D eigenvalue weighted by atomic mass is 79.9. The molecule has 0 spiro atoms. The average molecular weight is 252 g/mol. The molecule has 1 aromatic carbocycles. The number of para-hydroxylation sites is 1. The minimum atomic E-state index is 0.531. The van der Waals surface area contributed by atoms with Crippen molar-refractivity contribution >= 4 is 26.8 Å². The maximum absolute atomic E-state index is 3.60. The third-order valence-corrected chi connectivity index (χ3v) is 2.81. The van der Waals surface area contributed by atoms with Crippen LogP contribution in [0.15, 0.2) is 30.5 Å². The maximum atomic E-state index is 3.60. The molecule has 0 saturated heterocycles. The van der Waals surface area contributed by atoms with E-state index in [1.807, 2.05) is 0 Å². The summed E-state index contributed by atoms with van der Waals surface area (Å²) in [5.41, 5.74) is 2.78. The first-order valence-electron chi connectivity index (χ1n) is 4.85. The van der Waals surface area contributed by atoms with Gasteiger partial charge in [0, 0.05) is 18.1 Å². The Morgan fingerprint density at radius 2 is 2.14 bits per heavy atom. The first-order chi connectivity index (χ1) is 6.68. The number of halogens is 1. The second kappa shape index (κ2) is 3.77. The van der Waals surface area contributed by atoms with Crippen LogP contribution in [0.4, 0.5) is 0 Å². The Morgan fingerprint density at radius 1 is 1.36 bits per heavy atom. The molecule has 2 rings (SSSR count). The highest BCUT2D eigenvalue weighted by Crippen LogP contribution is 2.21. The first-order valence-corrected chi connectivity index (χ1v) is 5.77. The van der Waals surface area contributed by atoms with Gasteiger partial charge in [-0.15, -0.1) is 0 Å². The zero-order chi connectivity index (χ0) is 10.1. The number of aromatic nitrogens is 1. The van der Waals surface area contributed by atoms with Crippen LogP contribution in [-0.4, -0.2) is 9.39 Å². The van der Waals surface area contributed by atoms with E-state index in [1.54, 1.807) is 0 Å². The fraction of sp³-hybridized carbons (Fsp3) is 0.333. The number of hydrogen-bond acceptors (Lipinski definition) is 0. The number of benzene rings is 1. The van der Waals surface area contributed by atoms with Crippen LogP contribution in [0.3, 0.4) is 0 Å². The summed E-state index contributed by atoms with van der Waals surface area (Å²) in [6, 6.07) is 8.67. The molecule has 1 nitrogen and oxygen atoms in total. The van der Waals surface area contributed by atoms with Gasteiger partial charge in [0.25, 0.3) is 0 Å². The Balaban J connectivity index is 2.57. The largest absolute Gasteiger partial charge is 0.350 e. The predicted octanol–water partition coefficient (Wildman–Crippen LogP) is 3.50. The predicted molar refractivity (Wildman–Crippen MR) is 65.0 cm³/mol. The molecule has 2 aromatic rings. The number of hydrogen-bond donors (Lipinski definition) is 0. The lowest BCUT2D eigenvalue weighted by atomic mass is 10.1. The lowest BCUT2D eigenvalue weighted by molar-refractivity contribution is 0.925. The van der Waals surface area contributed by atoms with Crippen molar-refractivity contribution in [3.63, 3.8) is 0 Å². The molecular weight excluding hydrogens is 238 g/mol. The van der Waals surface area contributed by atoms with Gasteiger partial charge in [-0.1, -0.05) is 41.1 Å². The van der Waals surface area contributed by atoms with Crippen LogP contribution in [0, 0.1) is 0 Å². The van der Waals surface area contributed by atoms with Crippen LogP contribution >= 0.6 is 15.9 Å². The van der Waals surface area contributed by atoms with E-state index in [2.05, 4.69) is 64.9 Å². The summed E-state index contributed by atoms with van der Waals surface area (Å²) in [5.74, 6) is 0. The van der Waals surface area contributed by atoms with Gasteiger partial charge in [-0.2, -0.15) is 0 Å². The van der Waals surface area contributed by atoms with Crippen LogP contribution in [-0.2, 0) is 13.5 Å². The Bertz CT molecular complexity index is 443. The van der Waals surface area contributed by atoms with E-state index >= 15 is 0 Å². The lowest BCUT2D eigenvalue weighted by Gasteiger charge is -2.07. The van der Waals surface area contributed by atoms with Crippen molar-refractivity contribution in [2.75, 3.05) is 0 Å². The fourth-order valence-corrected chi connectivity index (χ4v) is 2.26. The second-order valence-corrected chi connectivity index (χ2v) is 5.33. The average Bonchev–Trinajstić information content (AvgIpc) is 2.48. The van der Waals surface area contributed by atoms with Crippen molar-refractivity contribution in [2.45, 2.75) is 18.2 Å². The van der Waals surface area contributed by atoms with Crippen molar-refractivity contribution in [3.05, 3.63) is 36.0 Å². The van der Waals surface area contributed by atoms with E-state index in [0.717, 1.165) is 6.42 Å². The molecule has 1 heterocycles. The van der Waals surface area contributed by atoms with Gasteiger partial charge in [0.15, 0.2) is 0 Å². The first kappa shape index (κ1) is 9.78. The third kappa shape index (κ3) is 1.71. The molecule has 0 N–H and O–H groups in total. The molecule has 1 unspecified atom stereocenters. The van der Waals surface area contributed by atoms with E-state index in [4.69, 9.17) is 0 Å². The van der Waals surface area contributed by atoms with E-state index < -0.39 is 0 Å². The minimum absolute atomic E-state index is 0.531. The maximum Gasteiger partial charge on any atom is 0.0510 e. The van der Waals surface area contributed by atoms with E-state index in [1.165, 1.54) is 16.5 Å². The zero-order valence-corrected chi connectivity index (χ0v) is 10.1.